The first-order valence-corrected chi connectivity index (χ1v) is 15.9. The van der Waals surface area contributed by atoms with Gasteiger partial charge in [0.25, 0.3) is 11.8 Å². The van der Waals surface area contributed by atoms with E-state index in [1.165, 1.54) is 12.5 Å². The van der Waals surface area contributed by atoms with Crippen LogP contribution in [0.1, 0.15) is 40.5 Å². The van der Waals surface area contributed by atoms with E-state index in [9.17, 15) is 9.59 Å². The van der Waals surface area contributed by atoms with E-state index in [0.717, 1.165) is 82.8 Å². The van der Waals surface area contributed by atoms with Gasteiger partial charge in [0.05, 0.1) is 30.1 Å². The molecule has 0 aliphatic carbocycles. The molecule has 0 saturated carbocycles. The second-order valence-corrected chi connectivity index (χ2v) is 12.4. The summed E-state index contributed by atoms with van der Waals surface area (Å²) in [5, 5.41) is 6.40. The van der Waals surface area contributed by atoms with Crippen LogP contribution in [0.25, 0.3) is 0 Å². The van der Waals surface area contributed by atoms with Crippen molar-refractivity contribution in [1.29, 1.82) is 0 Å². The van der Waals surface area contributed by atoms with Crippen LogP contribution in [0.5, 0.6) is 5.88 Å². The van der Waals surface area contributed by atoms with E-state index in [1.54, 1.807) is 19.4 Å². The van der Waals surface area contributed by atoms with Crippen LogP contribution in [0.2, 0.25) is 0 Å². The number of halogens is 1. The van der Waals surface area contributed by atoms with E-state index in [1.807, 2.05) is 30.5 Å². The highest BCUT2D eigenvalue weighted by Crippen LogP contribution is 2.32. The fraction of sp³-hybridized carbons (Fsp3) is 0.355. The van der Waals surface area contributed by atoms with E-state index in [4.69, 9.17) is 13.9 Å². The fourth-order valence-corrected chi connectivity index (χ4v) is 6.87. The summed E-state index contributed by atoms with van der Waals surface area (Å²) in [5.41, 5.74) is 3.49. The van der Waals surface area contributed by atoms with Gasteiger partial charge >= 0.3 is 0 Å². The lowest BCUT2D eigenvalue weighted by atomic mass is 9.99. The van der Waals surface area contributed by atoms with Crippen molar-refractivity contribution in [3.8, 4) is 5.88 Å². The molecule has 3 aliphatic heterocycles. The van der Waals surface area contributed by atoms with Crippen LogP contribution in [0.15, 0.2) is 74.9 Å². The Balaban J connectivity index is 0.941. The molecule has 0 unspecified atom stereocenters. The summed E-state index contributed by atoms with van der Waals surface area (Å²) in [4.78, 5) is 43.3. The molecule has 2 N–H and O–H groups in total. The number of aromatic nitrogens is 4. The fourth-order valence-electron chi connectivity index (χ4n) is 6.54. The third-order valence-electron chi connectivity index (χ3n) is 8.84. The molecular weight excluding hydrogens is 658 g/mol. The van der Waals surface area contributed by atoms with Crippen molar-refractivity contribution in [2.24, 2.45) is 0 Å². The molecular formula is C31H34BrN9O5. The van der Waals surface area contributed by atoms with Gasteiger partial charge in [-0.2, -0.15) is 0 Å². The lowest BCUT2D eigenvalue weighted by Gasteiger charge is -2.46. The molecule has 15 heteroatoms. The summed E-state index contributed by atoms with van der Waals surface area (Å²) in [6.45, 7) is 6.90. The molecule has 240 valence electrons. The summed E-state index contributed by atoms with van der Waals surface area (Å²) >= 11 is 3.46. The van der Waals surface area contributed by atoms with Crippen molar-refractivity contribution in [3.05, 3.63) is 76.9 Å². The zero-order chi connectivity index (χ0) is 31.8. The summed E-state index contributed by atoms with van der Waals surface area (Å²) < 4.78 is 16.0. The van der Waals surface area contributed by atoms with Crippen LogP contribution in [-0.4, -0.2) is 88.8 Å². The molecule has 2 saturated heterocycles. The summed E-state index contributed by atoms with van der Waals surface area (Å²) in [6.07, 6.45) is 8.28. The normalized spacial score (nSPS) is 19.0. The van der Waals surface area contributed by atoms with Crippen molar-refractivity contribution in [1.82, 2.24) is 25.0 Å². The van der Waals surface area contributed by atoms with Crippen LogP contribution in [0, 0.1) is 0 Å². The van der Waals surface area contributed by atoms with Gasteiger partial charge in [0.2, 0.25) is 5.88 Å². The Hall–Kier alpha value is -4.76. The monoisotopic (exact) mass is 691 g/mol. The molecule has 3 aromatic heterocycles. The molecule has 7 rings (SSSR count). The second kappa shape index (κ2) is 12.6. The number of nitrogens with zero attached hydrogens (tertiary/aromatic N) is 7. The van der Waals surface area contributed by atoms with Gasteiger partial charge in [-0.3, -0.25) is 14.5 Å². The molecule has 0 bridgehead atoms. The van der Waals surface area contributed by atoms with E-state index < -0.39 is 11.8 Å². The molecule has 3 aliphatic rings. The molecule has 0 spiro atoms. The Morgan fingerprint density at radius 3 is 2.50 bits per heavy atom. The lowest BCUT2D eigenvalue weighted by molar-refractivity contribution is 0.0482. The first kappa shape index (κ1) is 29.9. The van der Waals surface area contributed by atoms with Gasteiger partial charge in [-0.15, -0.1) is 5.01 Å². The van der Waals surface area contributed by atoms with Gasteiger partial charge < -0.3 is 24.4 Å². The second-order valence-electron chi connectivity index (χ2n) is 11.5. The number of amides is 2. The van der Waals surface area contributed by atoms with Crippen molar-refractivity contribution in [2.45, 2.75) is 31.8 Å². The average Bonchev–Trinajstić information content (AvgIpc) is 3.34. The molecule has 14 nitrogen and oxygen atoms in total. The predicted molar refractivity (Wildman–Crippen MR) is 174 cm³/mol. The first-order valence-electron chi connectivity index (χ1n) is 15.1. The number of piperazine rings is 1. The minimum absolute atomic E-state index is 0.338. The molecule has 0 radical (unpaired) electrons. The van der Waals surface area contributed by atoms with Gasteiger partial charge in [0.15, 0.2) is 0 Å². The number of anilines is 4. The zero-order valence-electron chi connectivity index (χ0n) is 25.4. The average molecular weight is 693 g/mol. The van der Waals surface area contributed by atoms with Crippen molar-refractivity contribution < 1.29 is 23.5 Å². The Morgan fingerprint density at radius 1 is 0.978 bits per heavy atom. The molecule has 46 heavy (non-hydrogen) atoms. The highest BCUT2D eigenvalue weighted by atomic mass is 79.9. The Kier molecular flexibility index (Phi) is 8.17. The molecule has 2 amide bonds. The quantitative estimate of drug-likeness (QED) is 0.264. The smallest absolute Gasteiger partial charge is 0.283 e. The number of methoxy groups -OCH3 is 1. The first-order chi connectivity index (χ1) is 22.4. The minimum atomic E-state index is -0.450. The van der Waals surface area contributed by atoms with Gasteiger partial charge in [-0.1, -0.05) is 10.2 Å². The third kappa shape index (κ3) is 5.71. The number of ether oxygens (including phenoxy) is 1. The number of carbonyl (C=O) groups excluding carboxylic acids is 2. The van der Waals surface area contributed by atoms with Crippen LogP contribution in [-0.2, 0) is 0 Å². The molecule has 4 aromatic rings. The van der Waals surface area contributed by atoms with Crippen molar-refractivity contribution in [2.75, 3.05) is 60.0 Å². The molecule has 1 atom stereocenters. The largest absolute Gasteiger partial charge is 0.480 e. The van der Waals surface area contributed by atoms with Gasteiger partial charge in [0.1, 0.15) is 24.0 Å². The highest BCUT2D eigenvalue weighted by molar-refractivity contribution is 9.10. The number of H-pyrrole nitrogens is 1. The number of aromatic amines is 1. The van der Waals surface area contributed by atoms with Crippen molar-refractivity contribution in [3.63, 3.8) is 0 Å². The Bertz CT molecular complexity index is 1760. The maximum atomic E-state index is 13.1. The van der Waals surface area contributed by atoms with E-state index >= 15 is 0 Å². The number of rotatable bonds is 7. The summed E-state index contributed by atoms with van der Waals surface area (Å²) in [6, 6.07) is 12.3. The van der Waals surface area contributed by atoms with E-state index in [2.05, 4.69) is 64.2 Å². The number of fused-ring (bicyclic) bond motifs is 1. The van der Waals surface area contributed by atoms with Gasteiger partial charge in [-0.05, 0) is 72.1 Å². The zero-order valence-corrected chi connectivity index (χ0v) is 27.0. The maximum absolute atomic E-state index is 13.1. The van der Waals surface area contributed by atoms with Crippen LogP contribution in [0.3, 0.4) is 0 Å². The molecule has 1 aromatic carbocycles. The molecule has 2 fully saturated rings. The van der Waals surface area contributed by atoms with Crippen LogP contribution >= 0.6 is 15.9 Å². The standard InChI is InChI=1S/C31H34BrN9O5/c1-20-19-38(11-12-39(20)24-4-6-28(33-18-24)35-27-15-21(32)17-34-29(27)44-2)22-7-9-37(10-8-22)23-3-5-25-26(16-23)31(43)41(30(25)42)40-13-14-45-36-46-40/h3-6,13-18,20,22,36H,7-12,19H2,1-2H3,(H,33,35)/t20-/m0/s1. The highest BCUT2D eigenvalue weighted by Gasteiger charge is 2.39. The number of pyridine rings is 2. The maximum Gasteiger partial charge on any atom is 0.283 e. The third-order valence-corrected chi connectivity index (χ3v) is 9.27. The summed E-state index contributed by atoms with van der Waals surface area (Å²) in [5.74, 6) is 0.331. The Labute approximate surface area is 273 Å². The topological polar surface area (TPSA) is 141 Å². The number of piperidine rings is 1. The van der Waals surface area contributed by atoms with Crippen LogP contribution < -0.4 is 24.9 Å². The number of nitrogens with one attached hydrogen (secondary N) is 2. The summed E-state index contributed by atoms with van der Waals surface area (Å²) in [7, 11) is 1.59. The van der Waals surface area contributed by atoms with Gasteiger partial charge in [-0.25, -0.2) is 14.6 Å². The SMILES string of the molecule is COc1ncc(Br)cc1Nc1ccc(N2CCN(C3CCN(c4ccc5c(c4)C(=O)N(n4cco[nH]o4)C5=O)CC3)C[C@@H]2C)cn1. The van der Waals surface area contributed by atoms with Crippen LogP contribution in [0.4, 0.5) is 22.9 Å². The molecule has 6 heterocycles. The number of carbonyl (C=O) groups is 2. The number of hydrogen-bond donors (Lipinski definition) is 2. The number of hydrogen-bond acceptors (Lipinski definition) is 11. The number of imide groups is 1. The van der Waals surface area contributed by atoms with Crippen molar-refractivity contribution >= 4 is 50.6 Å². The number of benzene rings is 1. The van der Waals surface area contributed by atoms with E-state index in [0.29, 0.717) is 29.1 Å². The Morgan fingerprint density at radius 2 is 1.78 bits per heavy atom. The van der Waals surface area contributed by atoms with Gasteiger partial charge in [0, 0.05) is 61.2 Å². The lowest BCUT2D eigenvalue weighted by Crippen LogP contribution is -2.57. The van der Waals surface area contributed by atoms with E-state index in [-0.39, 0.29) is 0 Å². The minimum Gasteiger partial charge on any atom is -0.480 e. The predicted octanol–water partition coefficient (Wildman–Crippen LogP) is 4.54.